The van der Waals surface area contributed by atoms with Gasteiger partial charge in [0.1, 0.15) is 0 Å². The second kappa shape index (κ2) is 8.99. The highest BCUT2D eigenvalue weighted by molar-refractivity contribution is 7.99. The molecule has 9 heteroatoms. The summed E-state index contributed by atoms with van der Waals surface area (Å²) in [6, 6.07) is 17.2. The monoisotopic (exact) mass is 463 g/mol. The molecule has 0 spiro atoms. The number of rotatable bonds is 5. The maximum absolute atomic E-state index is 13.3. The highest BCUT2D eigenvalue weighted by atomic mass is 32.2. The number of fused-ring (bicyclic) bond motifs is 3. The Morgan fingerprint density at radius 2 is 1.73 bits per heavy atom. The zero-order chi connectivity index (χ0) is 22.9. The van der Waals surface area contributed by atoms with Crippen molar-refractivity contribution in [3.8, 4) is 0 Å². The lowest BCUT2D eigenvalue weighted by Gasteiger charge is -2.35. The number of benzene rings is 2. The van der Waals surface area contributed by atoms with Crippen LogP contribution in [0.25, 0.3) is 16.7 Å². The number of carbonyl (C=O) groups is 1. The molecule has 2 unspecified atom stereocenters. The first-order chi connectivity index (χ1) is 16.0. The summed E-state index contributed by atoms with van der Waals surface area (Å²) in [6.07, 6.45) is 0.0426. The van der Waals surface area contributed by atoms with Crippen molar-refractivity contribution in [2.45, 2.75) is 37.8 Å². The Bertz CT molecular complexity index is 1360. The normalized spacial score (nSPS) is 18.8. The topological polar surface area (TPSA) is 81.7 Å². The van der Waals surface area contributed by atoms with Gasteiger partial charge in [0.2, 0.25) is 11.7 Å². The van der Waals surface area contributed by atoms with Crippen molar-refractivity contribution in [1.82, 2.24) is 24.1 Å². The molecule has 0 N–H and O–H groups in total. The zero-order valence-electron chi connectivity index (χ0n) is 18.5. The third-order valence-electron chi connectivity index (χ3n) is 5.76. The lowest BCUT2D eigenvalue weighted by Crippen LogP contribution is -2.48. The van der Waals surface area contributed by atoms with Gasteiger partial charge >= 0.3 is 0 Å². The standard InChI is InChI=1S/C24H25N5O3S/c1-16-12-27(13-17(2)32-16)21(30)15-33-24-26-25-23-28(14-18-8-4-3-5-9-18)22(31)19-10-6-7-11-20(19)29(23)24/h3-11,16-17H,12-15H2,1-2H3. The Morgan fingerprint density at radius 3 is 2.48 bits per heavy atom. The van der Waals surface area contributed by atoms with Crippen molar-refractivity contribution >= 4 is 34.3 Å². The molecule has 0 aliphatic carbocycles. The molecule has 3 heterocycles. The zero-order valence-corrected chi connectivity index (χ0v) is 19.4. The van der Waals surface area contributed by atoms with Crippen molar-refractivity contribution in [2.24, 2.45) is 0 Å². The summed E-state index contributed by atoms with van der Waals surface area (Å²) in [4.78, 5) is 28.0. The van der Waals surface area contributed by atoms with Crippen molar-refractivity contribution in [3.05, 3.63) is 70.5 Å². The van der Waals surface area contributed by atoms with Gasteiger partial charge in [0, 0.05) is 13.1 Å². The van der Waals surface area contributed by atoms with Crippen molar-refractivity contribution in [3.63, 3.8) is 0 Å². The molecule has 1 amide bonds. The van der Waals surface area contributed by atoms with Crippen molar-refractivity contribution < 1.29 is 9.53 Å². The highest BCUT2D eigenvalue weighted by Gasteiger charge is 2.26. The quantitative estimate of drug-likeness (QED) is 0.424. The third kappa shape index (κ3) is 4.26. The average molecular weight is 464 g/mol. The van der Waals surface area contributed by atoms with Crippen LogP contribution in [0.3, 0.4) is 0 Å². The second-order valence-corrected chi connectivity index (χ2v) is 9.30. The number of thioether (sulfide) groups is 1. The van der Waals surface area contributed by atoms with Crippen LogP contribution in [0, 0.1) is 0 Å². The van der Waals surface area contributed by atoms with E-state index in [1.54, 1.807) is 4.57 Å². The molecule has 8 nitrogen and oxygen atoms in total. The Labute approximate surface area is 195 Å². The molecule has 0 bridgehead atoms. The SMILES string of the molecule is CC1CN(C(=O)CSc2nnc3n(Cc4ccccc4)c(=O)c4ccccc4n23)CC(C)O1. The lowest BCUT2D eigenvalue weighted by atomic mass is 10.2. The van der Waals surface area contributed by atoms with E-state index in [0.717, 1.165) is 11.1 Å². The van der Waals surface area contributed by atoms with E-state index in [0.29, 0.717) is 36.0 Å². The maximum atomic E-state index is 13.3. The lowest BCUT2D eigenvalue weighted by molar-refractivity contribution is -0.140. The third-order valence-corrected chi connectivity index (χ3v) is 6.67. The minimum absolute atomic E-state index is 0.0213. The van der Waals surface area contributed by atoms with E-state index in [1.807, 2.05) is 77.7 Å². The van der Waals surface area contributed by atoms with Gasteiger partial charge in [-0.2, -0.15) is 0 Å². The molecule has 5 rings (SSSR count). The van der Waals surface area contributed by atoms with Gasteiger partial charge in [-0.1, -0.05) is 54.2 Å². The molecule has 2 aromatic heterocycles. The van der Waals surface area contributed by atoms with Gasteiger partial charge in [0.05, 0.1) is 35.4 Å². The van der Waals surface area contributed by atoms with Gasteiger partial charge in [-0.25, -0.2) is 0 Å². The summed E-state index contributed by atoms with van der Waals surface area (Å²) in [6.45, 7) is 5.52. The fraction of sp³-hybridized carbons (Fsp3) is 0.333. The molecular weight excluding hydrogens is 438 g/mol. The van der Waals surface area contributed by atoms with Crippen LogP contribution in [0.5, 0.6) is 0 Å². The Balaban J connectivity index is 1.50. The summed E-state index contributed by atoms with van der Waals surface area (Å²) < 4.78 is 9.25. The minimum atomic E-state index is -0.113. The summed E-state index contributed by atoms with van der Waals surface area (Å²) in [5.74, 6) is 0.749. The number of aromatic nitrogens is 4. The van der Waals surface area contributed by atoms with Crippen LogP contribution < -0.4 is 5.56 Å². The number of nitrogens with zero attached hydrogens (tertiary/aromatic N) is 5. The van der Waals surface area contributed by atoms with Gasteiger partial charge in [0.25, 0.3) is 5.56 Å². The fourth-order valence-corrected chi connectivity index (χ4v) is 5.18. The summed E-state index contributed by atoms with van der Waals surface area (Å²) in [5.41, 5.74) is 1.62. The molecule has 0 radical (unpaired) electrons. The fourth-order valence-electron chi connectivity index (χ4n) is 4.33. The average Bonchev–Trinajstić information content (AvgIpc) is 3.24. The van der Waals surface area contributed by atoms with E-state index >= 15 is 0 Å². The number of morpholine rings is 1. The van der Waals surface area contributed by atoms with E-state index < -0.39 is 0 Å². The van der Waals surface area contributed by atoms with Crippen LogP contribution >= 0.6 is 11.8 Å². The van der Waals surface area contributed by atoms with Gasteiger partial charge in [0.15, 0.2) is 5.16 Å². The van der Waals surface area contributed by atoms with Crippen molar-refractivity contribution in [2.75, 3.05) is 18.8 Å². The van der Waals surface area contributed by atoms with Crippen LogP contribution in [0.1, 0.15) is 19.4 Å². The number of hydrogen-bond donors (Lipinski definition) is 0. The van der Waals surface area contributed by atoms with Crippen LogP contribution in [-0.2, 0) is 16.1 Å². The second-order valence-electron chi connectivity index (χ2n) is 8.36. The first kappa shape index (κ1) is 21.7. The Kier molecular flexibility index (Phi) is 5.90. The molecule has 0 saturated carbocycles. The van der Waals surface area contributed by atoms with Gasteiger partial charge < -0.3 is 9.64 Å². The smallest absolute Gasteiger partial charge is 0.263 e. The number of amides is 1. The first-order valence-electron chi connectivity index (χ1n) is 11.0. The molecule has 2 aromatic carbocycles. The van der Waals surface area contributed by atoms with Crippen LogP contribution in [0.4, 0.5) is 0 Å². The van der Waals surface area contributed by atoms with Crippen LogP contribution in [0.2, 0.25) is 0 Å². The van der Waals surface area contributed by atoms with Crippen LogP contribution in [0.15, 0.2) is 64.5 Å². The molecule has 33 heavy (non-hydrogen) atoms. The molecule has 1 saturated heterocycles. The molecular formula is C24H25N5O3S. The summed E-state index contributed by atoms with van der Waals surface area (Å²) in [5, 5.41) is 9.88. The Hall–Kier alpha value is -3.17. The van der Waals surface area contributed by atoms with E-state index in [1.165, 1.54) is 11.8 Å². The molecule has 1 aliphatic heterocycles. The summed E-state index contributed by atoms with van der Waals surface area (Å²) in [7, 11) is 0. The highest BCUT2D eigenvalue weighted by Crippen LogP contribution is 2.23. The molecule has 4 aromatic rings. The molecule has 1 fully saturated rings. The van der Waals surface area contributed by atoms with E-state index in [2.05, 4.69) is 10.2 Å². The maximum Gasteiger partial charge on any atom is 0.263 e. The molecule has 2 atom stereocenters. The van der Waals surface area contributed by atoms with Gasteiger partial charge in [-0.05, 0) is 31.5 Å². The molecule has 170 valence electrons. The Morgan fingerprint density at radius 1 is 1.03 bits per heavy atom. The van der Waals surface area contributed by atoms with Crippen LogP contribution in [-0.4, -0.2) is 61.0 Å². The number of hydrogen-bond acceptors (Lipinski definition) is 6. The van der Waals surface area contributed by atoms with Gasteiger partial charge in [-0.3, -0.25) is 18.6 Å². The number of carbonyl (C=O) groups excluding carboxylic acids is 1. The number of para-hydroxylation sites is 1. The van der Waals surface area contributed by atoms with E-state index in [-0.39, 0.29) is 29.4 Å². The van der Waals surface area contributed by atoms with E-state index in [9.17, 15) is 9.59 Å². The molecule has 1 aliphatic rings. The first-order valence-corrected chi connectivity index (χ1v) is 12.0. The largest absolute Gasteiger partial charge is 0.372 e. The summed E-state index contributed by atoms with van der Waals surface area (Å²) >= 11 is 1.34. The minimum Gasteiger partial charge on any atom is -0.372 e. The van der Waals surface area contributed by atoms with E-state index in [4.69, 9.17) is 4.74 Å². The predicted octanol–water partition coefficient (Wildman–Crippen LogP) is 2.82. The predicted molar refractivity (Wildman–Crippen MR) is 128 cm³/mol. The van der Waals surface area contributed by atoms with Crippen molar-refractivity contribution in [1.29, 1.82) is 0 Å². The number of ether oxygens (including phenoxy) is 1. The van der Waals surface area contributed by atoms with Gasteiger partial charge in [-0.15, -0.1) is 10.2 Å².